The van der Waals surface area contributed by atoms with E-state index in [9.17, 15) is 9.59 Å². The molecule has 19 heavy (non-hydrogen) atoms. The van der Waals surface area contributed by atoms with Crippen LogP contribution in [0.15, 0.2) is 0 Å². The van der Waals surface area contributed by atoms with Gasteiger partial charge in [0.25, 0.3) is 0 Å². The van der Waals surface area contributed by atoms with Crippen LogP contribution in [0.25, 0.3) is 0 Å². The Hall–Kier alpha value is -1.26. The van der Waals surface area contributed by atoms with Gasteiger partial charge in [-0.15, -0.1) is 0 Å². The summed E-state index contributed by atoms with van der Waals surface area (Å²) in [5.41, 5.74) is 0. The number of carbonyl (C=O) groups excluding carboxylic acids is 1. The zero-order chi connectivity index (χ0) is 14.8. The lowest BCUT2D eigenvalue weighted by Crippen LogP contribution is -2.47. The number of hydrogen-bond acceptors (Lipinski definition) is 2. The topological polar surface area (TPSA) is 60.9 Å². The Morgan fingerprint density at radius 1 is 1.05 bits per heavy atom. The highest BCUT2D eigenvalue weighted by atomic mass is 16.4. The second kappa shape index (κ2) is 9.64. The molecule has 112 valence electrons. The van der Waals surface area contributed by atoms with E-state index >= 15 is 0 Å². The number of amides is 2. The van der Waals surface area contributed by atoms with E-state index in [2.05, 4.69) is 13.8 Å². The first-order valence-electron chi connectivity index (χ1n) is 7.21. The zero-order valence-electron chi connectivity index (χ0n) is 12.7. The van der Waals surface area contributed by atoms with E-state index in [4.69, 9.17) is 5.11 Å². The molecule has 2 amide bonds. The fraction of sp³-hybridized carbons (Fsp3) is 0.857. The third-order valence-electron chi connectivity index (χ3n) is 2.92. The van der Waals surface area contributed by atoms with Crippen molar-refractivity contribution in [3.05, 3.63) is 0 Å². The molecule has 0 aliphatic carbocycles. The lowest BCUT2D eigenvalue weighted by Gasteiger charge is -2.33. The van der Waals surface area contributed by atoms with Gasteiger partial charge in [-0.05, 0) is 33.1 Å². The summed E-state index contributed by atoms with van der Waals surface area (Å²) in [5, 5.41) is 8.67. The molecular formula is C14H28N2O3. The average Bonchev–Trinajstić information content (AvgIpc) is 2.33. The molecule has 0 rings (SSSR count). The Bertz CT molecular complexity index is 274. The fourth-order valence-corrected chi connectivity index (χ4v) is 2.00. The van der Waals surface area contributed by atoms with Crippen LogP contribution in [0.4, 0.5) is 4.79 Å². The SMILES string of the molecule is CCCN(CCC)C(=O)N(CCCC(=O)O)C(C)C. The van der Waals surface area contributed by atoms with Crippen LogP contribution in [0.3, 0.4) is 0 Å². The van der Waals surface area contributed by atoms with E-state index in [1.54, 1.807) is 4.90 Å². The predicted octanol–water partition coefficient (Wildman–Crippen LogP) is 2.80. The summed E-state index contributed by atoms with van der Waals surface area (Å²) in [6, 6.07) is 0.126. The number of rotatable bonds is 9. The number of carboxylic acids is 1. The van der Waals surface area contributed by atoms with Crippen molar-refractivity contribution in [3.8, 4) is 0 Å². The van der Waals surface area contributed by atoms with Crippen LogP contribution in [0.2, 0.25) is 0 Å². The molecule has 0 aromatic rings. The van der Waals surface area contributed by atoms with Gasteiger partial charge in [-0.1, -0.05) is 13.8 Å². The highest BCUT2D eigenvalue weighted by Crippen LogP contribution is 2.08. The molecule has 0 unspecified atom stereocenters. The molecule has 0 saturated carbocycles. The maximum absolute atomic E-state index is 12.4. The second-order valence-corrected chi connectivity index (χ2v) is 5.05. The minimum atomic E-state index is -0.810. The van der Waals surface area contributed by atoms with E-state index in [1.165, 1.54) is 0 Å². The summed E-state index contributed by atoms with van der Waals surface area (Å²) in [5.74, 6) is -0.810. The molecule has 0 spiro atoms. The van der Waals surface area contributed by atoms with Gasteiger partial charge in [0, 0.05) is 32.1 Å². The first-order valence-corrected chi connectivity index (χ1v) is 7.21. The Balaban J connectivity index is 4.55. The summed E-state index contributed by atoms with van der Waals surface area (Å²) >= 11 is 0. The van der Waals surface area contributed by atoms with Crippen LogP contribution in [0, 0.1) is 0 Å². The highest BCUT2D eigenvalue weighted by Gasteiger charge is 2.22. The van der Waals surface area contributed by atoms with Gasteiger partial charge in [0.05, 0.1) is 0 Å². The van der Waals surface area contributed by atoms with Crippen molar-refractivity contribution in [3.63, 3.8) is 0 Å². The maximum Gasteiger partial charge on any atom is 0.320 e. The van der Waals surface area contributed by atoms with Crippen molar-refractivity contribution in [2.45, 2.75) is 59.4 Å². The third kappa shape index (κ3) is 7.03. The Morgan fingerprint density at radius 2 is 1.58 bits per heavy atom. The van der Waals surface area contributed by atoms with Crippen LogP contribution in [0.1, 0.15) is 53.4 Å². The molecule has 0 heterocycles. The van der Waals surface area contributed by atoms with Gasteiger partial charge in [-0.25, -0.2) is 4.79 Å². The van der Waals surface area contributed by atoms with Gasteiger partial charge in [0.15, 0.2) is 0 Å². The number of carbonyl (C=O) groups is 2. The molecule has 0 aromatic heterocycles. The van der Waals surface area contributed by atoms with E-state index in [0.717, 1.165) is 25.9 Å². The minimum absolute atomic E-state index is 0.0316. The Kier molecular flexibility index (Phi) is 9.00. The Morgan fingerprint density at radius 3 is 1.95 bits per heavy atom. The molecule has 0 aliphatic rings. The van der Waals surface area contributed by atoms with Crippen molar-refractivity contribution in [2.24, 2.45) is 0 Å². The molecule has 0 aliphatic heterocycles. The molecule has 0 saturated heterocycles. The van der Waals surface area contributed by atoms with Crippen molar-refractivity contribution in [1.82, 2.24) is 9.80 Å². The van der Waals surface area contributed by atoms with Gasteiger partial charge in [-0.3, -0.25) is 4.79 Å². The third-order valence-corrected chi connectivity index (χ3v) is 2.92. The molecule has 5 heteroatoms. The lowest BCUT2D eigenvalue weighted by atomic mass is 10.2. The summed E-state index contributed by atoms with van der Waals surface area (Å²) in [7, 11) is 0. The second-order valence-electron chi connectivity index (χ2n) is 5.05. The number of aliphatic carboxylic acids is 1. The van der Waals surface area contributed by atoms with Crippen LogP contribution >= 0.6 is 0 Å². The normalized spacial score (nSPS) is 10.6. The highest BCUT2D eigenvalue weighted by molar-refractivity contribution is 5.75. The van der Waals surface area contributed by atoms with Crippen molar-refractivity contribution in [1.29, 1.82) is 0 Å². The average molecular weight is 272 g/mol. The van der Waals surface area contributed by atoms with Gasteiger partial charge < -0.3 is 14.9 Å². The quantitative estimate of drug-likeness (QED) is 0.702. The molecule has 0 atom stereocenters. The van der Waals surface area contributed by atoms with E-state index in [1.807, 2.05) is 18.7 Å². The molecule has 5 nitrogen and oxygen atoms in total. The summed E-state index contributed by atoms with van der Waals surface area (Å²) in [4.78, 5) is 26.6. The summed E-state index contributed by atoms with van der Waals surface area (Å²) in [6.07, 6.45) is 2.49. The van der Waals surface area contributed by atoms with Crippen molar-refractivity contribution < 1.29 is 14.7 Å². The molecular weight excluding hydrogens is 244 g/mol. The molecule has 0 radical (unpaired) electrons. The molecule has 0 aromatic carbocycles. The predicted molar refractivity (Wildman–Crippen MR) is 76.3 cm³/mol. The smallest absolute Gasteiger partial charge is 0.320 e. The molecule has 1 N–H and O–H groups in total. The standard InChI is InChI=1S/C14H28N2O3/c1-5-9-15(10-6-2)14(19)16(12(3)4)11-7-8-13(17)18/h12H,5-11H2,1-4H3,(H,17,18). The lowest BCUT2D eigenvalue weighted by molar-refractivity contribution is -0.137. The molecule has 0 fully saturated rings. The monoisotopic (exact) mass is 272 g/mol. The minimum Gasteiger partial charge on any atom is -0.481 e. The number of urea groups is 1. The van der Waals surface area contributed by atoms with Crippen LogP contribution in [-0.4, -0.2) is 52.6 Å². The number of carboxylic acid groups (broad SMARTS) is 1. The number of nitrogens with zero attached hydrogens (tertiary/aromatic N) is 2. The van der Waals surface area contributed by atoms with Crippen LogP contribution in [-0.2, 0) is 4.79 Å². The largest absolute Gasteiger partial charge is 0.481 e. The van der Waals surface area contributed by atoms with Crippen molar-refractivity contribution >= 4 is 12.0 Å². The number of hydrogen-bond donors (Lipinski definition) is 1. The first-order chi connectivity index (χ1) is 8.93. The Labute approximate surface area is 116 Å². The maximum atomic E-state index is 12.4. The van der Waals surface area contributed by atoms with E-state index in [0.29, 0.717) is 13.0 Å². The zero-order valence-corrected chi connectivity index (χ0v) is 12.7. The van der Waals surface area contributed by atoms with Crippen LogP contribution in [0.5, 0.6) is 0 Å². The van der Waals surface area contributed by atoms with Crippen LogP contribution < -0.4 is 0 Å². The summed E-state index contributed by atoms with van der Waals surface area (Å²) in [6.45, 7) is 10.1. The van der Waals surface area contributed by atoms with Crippen molar-refractivity contribution in [2.75, 3.05) is 19.6 Å². The van der Waals surface area contributed by atoms with E-state index in [-0.39, 0.29) is 18.5 Å². The van der Waals surface area contributed by atoms with Gasteiger partial charge >= 0.3 is 12.0 Å². The first kappa shape index (κ1) is 17.7. The fourth-order valence-electron chi connectivity index (χ4n) is 2.00. The van der Waals surface area contributed by atoms with Gasteiger partial charge in [0.1, 0.15) is 0 Å². The van der Waals surface area contributed by atoms with E-state index < -0.39 is 5.97 Å². The summed E-state index contributed by atoms with van der Waals surface area (Å²) < 4.78 is 0. The van der Waals surface area contributed by atoms with Gasteiger partial charge in [-0.2, -0.15) is 0 Å². The molecule has 0 bridgehead atoms. The van der Waals surface area contributed by atoms with Gasteiger partial charge in [0.2, 0.25) is 0 Å².